The molecule has 11 heteroatoms. The molecule has 0 aliphatic rings. The molecule has 0 saturated carbocycles. The number of rotatable bonds is 7. The topological polar surface area (TPSA) is 128 Å². The molecule has 2 rings (SSSR count). The monoisotopic (exact) mass is 425 g/mol. The van der Waals surface area contributed by atoms with E-state index in [0.29, 0.717) is 4.88 Å². The van der Waals surface area contributed by atoms with Gasteiger partial charge in [0.1, 0.15) is 6.54 Å². The third kappa shape index (κ3) is 5.76. The number of nitrogens with zero attached hydrogens (tertiary/aromatic N) is 1. The maximum Gasteiger partial charge on any atom is 0.326 e. The van der Waals surface area contributed by atoms with E-state index < -0.39 is 35.4 Å². The number of nitro benzene ring substituents is 1. The summed E-state index contributed by atoms with van der Waals surface area (Å²) in [5.41, 5.74) is -0.0827. The number of carbonyl (C=O) groups excluding carboxylic acids is 3. The van der Waals surface area contributed by atoms with Crippen LogP contribution in [0.5, 0.6) is 0 Å². The van der Waals surface area contributed by atoms with Crippen LogP contribution in [0.3, 0.4) is 0 Å². The van der Waals surface area contributed by atoms with Crippen molar-refractivity contribution in [2.75, 3.05) is 11.9 Å². The summed E-state index contributed by atoms with van der Waals surface area (Å²) in [5, 5.41) is 15.5. The molecule has 0 spiro atoms. The lowest BCUT2D eigenvalue weighted by atomic mass is 10.2. The first-order valence-electron chi connectivity index (χ1n) is 7.96. The number of anilines is 1. The third-order valence-corrected chi connectivity index (χ3v) is 4.77. The van der Waals surface area contributed by atoms with Crippen LogP contribution in [0, 0.1) is 17.0 Å². The molecule has 2 aromatic rings. The molecule has 0 aliphatic carbocycles. The van der Waals surface area contributed by atoms with Crippen LogP contribution >= 0.6 is 22.9 Å². The zero-order valence-corrected chi connectivity index (χ0v) is 16.4. The molecule has 2 amide bonds. The first-order valence-corrected chi connectivity index (χ1v) is 9.15. The molecule has 2 N–H and O–H groups in total. The first kappa shape index (κ1) is 21.3. The summed E-state index contributed by atoms with van der Waals surface area (Å²) in [5.74, 6) is -1.88. The number of hydrogen-bond acceptors (Lipinski definition) is 7. The predicted molar refractivity (Wildman–Crippen MR) is 104 cm³/mol. The van der Waals surface area contributed by atoms with Crippen molar-refractivity contribution in [1.82, 2.24) is 5.32 Å². The number of aryl methyl sites for hydroxylation is 1. The van der Waals surface area contributed by atoms with Gasteiger partial charge in [-0.05, 0) is 32.0 Å². The Kier molecular flexibility index (Phi) is 7.07. The average molecular weight is 426 g/mol. The Hall–Kier alpha value is -2.98. The molecule has 148 valence electrons. The molecule has 28 heavy (non-hydrogen) atoms. The van der Waals surface area contributed by atoms with Crippen LogP contribution in [0.4, 0.5) is 11.4 Å². The Balaban J connectivity index is 1.85. The maximum atomic E-state index is 12.1. The van der Waals surface area contributed by atoms with Crippen LogP contribution in [0.1, 0.15) is 21.5 Å². The number of nitrogens with one attached hydrogen (secondary N) is 2. The molecule has 0 fully saturated rings. The van der Waals surface area contributed by atoms with Gasteiger partial charge in [-0.2, -0.15) is 0 Å². The van der Waals surface area contributed by atoms with E-state index in [2.05, 4.69) is 10.6 Å². The van der Waals surface area contributed by atoms with Crippen LogP contribution < -0.4 is 10.6 Å². The van der Waals surface area contributed by atoms with Crippen molar-refractivity contribution < 1.29 is 24.0 Å². The van der Waals surface area contributed by atoms with E-state index in [1.807, 2.05) is 6.92 Å². The van der Waals surface area contributed by atoms with E-state index in [4.69, 9.17) is 16.3 Å². The largest absolute Gasteiger partial charge is 0.451 e. The van der Waals surface area contributed by atoms with E-state index in [1.165, 1.54) is 30.4 Å². The summed E-state index contributed by atoms with van der Waals surface area (Å²) >= 11 is 7.19. The fraction of sp³-hybridized carbons (Fsp3) is 0.235. The molecule has 0 bridgehead atoms. The number of carbonyl (C=O) groups is 3. The molecule has 0 aliphatic heterocycles. The summed E-state index contributed by atoms with van der Waals surface area (Å²) in [6.07, 6.45) is -1.17. The highest BCUT2D eigenvalue weighted by molar-refractivity contribution is 7.13. The van der Waals surface area contributed by atoms with E-state index in [1.54, 1.807) is 12.1 Å². The van der Waals surface area contributed by atoms with Gasteiger partial charge in [-0.3, -0.25) is 24.5 Å². The number of hydrogen-bond donors (Lipinski definition) is 2. The van der Waals surface area contributed by atoms with E-state index in [0.717, 1.165) is 10.9 Å². The molecule has 1 aromatic carbocycles. The summed E-state index contributed by atoms with van der Waals surface area (Å²) in [4.78, 5) is 47.3. The minimum Gasteiger partial charge on any atom is -0.451 e. The van der Waals surface area contributed by atoms with Gasteiger partial charge in [-0.1, -0.05) is 11.6 Å². The molecule has 0 unspecified atom stereocenters. The summed E-state index contributed by atoms with van der Waals surface area (Å²) in [7, 11) is 0. The normalized spacial score (nSPS) is 11.4. The second-order valence-electron chi connectivity index (χ2n) is 5.64. The quantitative estimate of drug-likeness (QED) is 0.398. The molecular weight excluding hydrogens is 410 g/mol. The van der Waals surface area contributed by atoms with Gasteiger partial charge in [0, 0.05) is 17.0 Å². The van der Waals surface area contributed by atoms with Crippen LogP contribution in [0.25, 0.3) is 0 Å². The number of halogens is 1. The fourth-order valence-corrected chi connectivity index (χ4v) is 3.05. The predicted octanol–water partition coefficient (Wildman–Crippen LogP) is 2.92. The number of esters is 1. The number of thiophene rings is 1. The third-order valence-electron chi connectivity index (χ3n) is 3.46. The molecule has 0 radical (unpaired) electrons. The second-order valence-corrected chi connectivity index (χ2v) is 7.33. The first-order chi connectivity index (χ1) is 13.2. The van der Waals surface area contributed by atoms with Gasteiger partial charge in [0.25, 0.3) is 17.5 Å². The Morgan fingerprint density at radius 2 is 2.00 bits per heavy atom. The van der Waals surface area contributed by atoms with Gasteiger partial charge in [-0.15, -0.1) is 11.3 Å². The lowest BCUT2D eigenvalue weighted by molar-refractivity contribution is -0.384. The molecule has 0 saturated heterocycles. The highest BCUT2D eigenvalue weighted by Gasteiger charge is 2.20. The second kappa shape index (κ2) is 9.29. The number of ether oxygens (including phenoxy) is 1. The molecule has 1 heterocycles. The van der Waals surface area contributed by atoms with E-state index in [9.17, 15) is 24.5 Å². The van der Waals surface area contributed by atoms with Crippen molar-refractivity contribution in [3.63, 3.8) is 0 Å². The Labute approximate surface area is 168 Å². The van der Waals surface area contributed by atoms with Gasteiger partial charge >= 0.3 is 5.97 Å². The lowest BCUT2D eigenvalue weighted by Crippen LogP contribution is -2.35. The molecule has 1 aromatic heterocycles. The zero-order chi connectivity index (χ0) is 20.8. The highest BCUT2D eigenvalue weighted by Crippen LogP contribution is 2.26. The van der Waals surface area contributed by atoms with Gasteiger partial charge in [0.15, 0.2) is 6.10 Å². The van der Waals surface area contributed by atoms with Crippen molar-refractivity contribution in [3.05, 3.63) is 55.2 Å². The van der Waals surface area contributed by atoms with Crippen LogP contribution in [0.15, 0.2) is 30.3 Å². The summed E-state index contributed by atoms with van der Waals surface area (Å²) in [6.45, 7) is 2.80. The zero-order valence-electron chi connectivity index (χ0n) is 14.9. The van der Waals surface area contributed by atoms with Crippen molar-refractivity contribution in [2.45, 2.75) is 20.0 Å². The number of non-ortho nitro benzene ring substituents is 1. The van der Waals surface area contributed by atoms with E-state index in [-0.39, 0.29) is 16.4 Å². The Bertz CT molecular complexity index is 929. The molecular formula is C17H16ClN3O6S. The number of benzene rings is 1. The maximum absolute atomic E-state index is 12.1. The Morgan fingerprint density at radius 1 is 1.29 bits per heavy atom. The van der Waals surface area contributed by atoms with Gasteiger partial charge < -0.3 is 15.4 Å². The van der Waals surface area contributed by atoms with Crippen molar-refractivity contribution in [1.29, 1.82) is 0 Å². The number of amides is 2. The standard InChI is InChI=1S/C17H16ClN3O6S/c1-9-3-6-14(28-9)17(24)19-8-15(22)27-10(2)16(23)20-13-5-4-11(21(25)26)7-12(13)18/h3-7,10H,8H2,1-2H3,(H,19,24)(H,20,23)/t10-/m1/s1. The molecule has 9 nitrogen and oxygen atoms in total. The SMILES string of the molecule is Cc1ccc(C(=O)NCC(=O)O[C@H](C)C(=O)Nc2ccc([N+](=O)[O-])cc2Cl)s1. The van der Waals surface area contributed by atoms with E-state index >= 15 is 0 Å². The summed E-state index contributed by atoms with van der Waals surface area (Å²) in [6, 6.07) is 6.98. The van der Waals surface area contributed by atoms with Crippen molar-refractivity contribution >= 4 is 52.1 Å². The Morgan fingerprint density at radius 3 is 2.57 bits per heavy atom. The smallest absolute Gasteiger partial charge is 0.326 e. The van der Waals surface area contributed by atoms with Crippen LogP contribution in [0.2, 0.25) is 5.02 Å². The average Bonchev–Trinajstić information content (AvgIpc) is 3.07. The minimum absolute atomic E-state index is 0.0282. The summed E-state index contributed by atoms with van der Waals surface area (Å²) < 4.78 is 4.96. The lowest BCUT2D eigenvalue weighted by Gasteiger charge is -2.14. The molecule has 1 atom stereocenters. The van der Waals surface area contributed by atoms with Gasteiger partial charge in [0.2, 0.25) is 0 Å². The van der Waals surface area contributed by atoms with Crippen molar-refractivity contribution in [2.24, 2.45) is 0 Å². The minimum atomic E-state index is -1.17. The van der Waals surface area contributed by atoms with Gasteiger partial charge in [0.05, 0.1) is 20.5 Å². The van der Waals surface area contributed by atoms with Crippen LogP contribution in [-0.4, -0.2) is 35.4 Å². The van der Waals surface area contributed by atoms with Crippen LogP contribution in [-0.2, 0) is 14.3 Å². The van der Waals surface area contributed by atoms with Crippen molar-refractivity contribution in [3.8, 4) is 0 Å². The van der Waals surface area contributed by atoms with Gasteiger partial charge in [-0.25, -0.2) is 0 Å². The fourth-order valence-electron chi connectivity index (χ4n) is 2.04. The highest BCUT2D eigenvalue weighted by atomic mass is 35.5. The number of nitro groups is 1.